The molecule has 13 heteroatoms. The van der Waals surface area contributed by atoms with Crippen molar-refractivity contribution in [1.82, 2.24) is 24.8 Å². The van der Waals surface area contributed by atoms with Gasteiger partial charge in [0.2, 0.25) is 5.95 Å². The number of rotatable bonds is 9. The van der Waals surface area contributed by atoms with E-state index >= 15 is 0 Å². The van der Waals surface area contributed by atoms with E-state index < -0.39 is 42.8 Å². The molecule has 2 saturated heterocycles. The summed E-state index contributed by atoms with van der Waals surface area (Å²) >= 11 is 0. The molecule has 1 amide bonds. The van der Waals surface area contributed by atoms with Crippen molar-refractivity contribution in [2.24, 2.45) is 0 Å². The van der Waals surface area contributed by atoms with E-state index in [0.29, 0.717) is 42.6 Å². The molecule has 0 bridgehead atoms. The summed E-state index contributed by atoms with van der Waals surface area (Å²) in [4.78, 5) is 29.0. The monoisotopic (exact) mass is 645 g/mol. The van der Waals surface area contributed by atoms with Crippen molar-refractivity contribution < 1.29 is 29.6 Å². The normalized spacial score (nSPS) is 23.3. The van der Waals surface area contributed by atoms with Crippen LogP contribution in [0.15, 0.2) is 67.0 Å². The maximum Gasteiger partial charge on any atom is 0.407 e. The molecule has 5 N–H and O–H groups in total. The number of carbonyl (C=O) groups is 1. The first-order valence-electron chi connectivity index (χ1n) is 16.1. The van der Waals surface area contributed by atoms with Gasteiger partial charge in [-0.25, -0.2) is 9.78 Å². The Hall–Kier alpha value is -4.30. The molecule has 47 heavy (non-hydrogen) atoms. The molecule has 0 unspecified atom stereocenters. The minimum absolute atomic E-state index is 0.00536. The highest BCUT2D eigenvalue weighted by Crippen LogP contribution is 2.34. The number of anilines is 2. The highest BCUT2D eigenvalue weighted by Gasteiger charge is 2.44. The zero-order valence-corrected chi connectivity index (χ0v) is 26.9. The minimum Gasteiger partial charge on any atom is -0.444 e. The molecule has 2 aromatic carbocycles. The summed E-state index contributed by atoms with van der Waals surface area (Å²) < 4.78 is 12.9. The van der Waals surface area contributed by atoms with Gasteiger partial charge in [-0.3, -0.25) is 4.57 Å². The van der Waals surface area contributed by atoms with Gasteiger partial charge in [0.25, 0.3) is 0 Å². The van der Waals surface area contributed by atoms with Crippen LogP contribution in [0.25, 0.3) is 11.2 Å². The van der Waals surface area contributed by atoms with Crippen LogP contribution < -0.4 is 15.5 Å². The second kappa shape index (κ2) is 13.8. The number of carbonyl (C=O) groups excluding carboxylic acids is 1. The first-order valence-corrected chi connectivity index (χ1v) is 16.1. The fourth-order valence-corrected chi connectivity index (χ4v) is 6.21. The molecule has 0 radical (unpaired) electrons. The smallest absolute Gasteiger partial charge is 0.407 e. The lowest BCUT2D eigenvalue weighted by molar-refractivity contribution is -0.0511. The Balaban J connectivity index is 1.34. The number of ether oxygens (including phenoxy) is 2. The van der Waals surface area contributed by atoms with E-state index in [2.05, 4.69) is 39.9 Å². The number of aliphatic hydroxyl groups excluding tert-OH is 3. The summed E-state index contributed by atoms with van der Waals surface area (Å²) in [5.41, 5.74) is 2.53. The second-order valence-electron chi connectivity index (χ2n) is 13.1. The van der Waals surface area contributed by atoms with Gasteiger partial charge >= 0.3 is 6.09 Å². The molecule has 0 spiro atoms. The number of hydrogen-bond donors (Lipinski definition) is 5. The van der Waals surface area contributed by atoms with Gasteiger partial charge in [-0.15, -0.1) is 0 Å². The molecular weight excluding hydrogens is 602 g/mol. The molecule has 4 heterocycles. The molecule has 4 aromatic rings. The number of aliphatic hydroxyl groups is 3. The van der Waals surface area contributed by atoms with Crippen molar-refractivity contribution in [2.45, 2.75) is 75.7 Å². The fraction of sp³-hybridized carbons (Fsp3) is 0.471. The van der Waals surface area contributed by atoms with Crippen LogP contribution in [0, 0.1) is 0 Å². The predicted molar refractivity (Wildman–Crippen MR) is 176 cm³/mol. The second-order valence-corrected chi connectivity index (χ2v) is 13.1. The lowest BCUT2D eigenvalue weighted by atomic mass is 9.91. The van der Waals surface area contributed by atoms with Gasteiger partial charge in [-0.1, -0.05) is 60.7 Å². The van der Waals surface area contributed by atoms with E-state index in [0.717, 1.165) is 24.0 Å². The average molecular weight is 646 g/mol. The molecule has 2 fully saturated rings. The van der Waals surface area contributed by atoms with Crippen molar-refractivity contribution in [2.75, 3.05) is 36.5 Å². The van der Waals surface area contributed by atoms with Crippen LogP contribution in [0.4, 0.5) is 16.6 Å². The number of piperidine rings is 1. The third kappa shape index (κ3) is 7.33. The summed E-state index contributed by atoms with van der Waals surface area (Å²) in [5.74, 6) is 0.917. The largest absolute Gasteiger partial charge is 0.444 e. The Kier molecular flexibility index (Phi) is 9.60. The first-order chi connectivity index (χ1) is 22.6. The zero-order chi connectivity index (χ0) is 33.1. The van der Waals surface area contributed by atoms with Crippen molar-refractivity contribution in [3.8, 4) is 0 Å². The molecule has 250 valence electrons. The topological polar surface area (TPSA) is 167 Å². The number of benzene rings is 2. The Morgan fingerprint density at radius 1 is 1.04 bits per heavy atom. The number of fused-ring (bicyclic) bond motifs is 1. The Morgan fingerprint density at radius 2 is 1.72 bits per heavy atom. The van der Waals surface area contributed by atoms with Crippen molar-refractivity contribution in [1.29, 1.82) is 0 Å². The van der Waals surface area contributed by atoms with Crippen molar-refractivity contribution >= 4 is 29.0 Å². The van der Waals surface area contributed by atoms with Crippen LogP contribution in [0.3, 0.4) is 0 Å². The van der Waals surface area contributed by atoms with Gasteiger partial charge in [0.15, 0.2) is 23.2 Å². The molecule has 6 rings (SSSR count). The van der Waals surface area contributed by atoms with Gasteiger partial charge in [0.05, 0.1) is 12.9 Å². The van der Waals surface area contributed by atoms with Crippen LogP contribution in [0.1, 0.15) is 56.9 Å². The molecule has 2 aromatic heterocycles. The summed E-state index contributed by atoms with van der Waals surface area (Å²) in [6.07, 6.45) is -1.96. The van der Waals surface area contributed by atoms with Gasteiger partial charge < -0.3 is 40.3 Å². The molecular formula is C34H43N7O6. The van der Waals surface area contributed by atoms with Crippen LogP contribution in [-0.4, -0.2) is 97.1 Å². The zero-order valence-electron chi connectivity index (χ0n) is 26.9. The summed E-state index contributed by atoms with van der Waals surface area (Å²) in [6.45, 7) is 6.66. The van der Waals surface area contributed by atoms with Crippen LogP contribution in [-0.2, 0) is 9.47 Å². The molecule has 0 saturated carbocycles. The summed E-state index contributed by atoms with van der Waals surface area (Å²) in [5, 5.41) is 37.5. The molecule has 5 atom stereocenters. The van der Waals surface area contributed by atoms with E-state index in [1.807, 2.05) is 62.1 Å². The third-order valence-corrected chi connectivity index (χ3v) is 8.50. The standard InChI is InChI=1S/C34H43N7O6/c1-34(2,3)47-33(45)37-23-15-10-16-40(18-23)32-38-29(35-17-24(21-11-6-4-7-12-21)22-13-8-5-9-14-22)26-30(39-32)41(20-36-26)31-28(44)27(43)25(19-42)46-31/h4-9,11-14,20,23-25,27-28,31,42-44H,10,15-19H2,1-3H3,(H,37,45)(H,35,38,39)/t23-,25+,27+,28+,31+/m0/s1. The summed E-state index contributed by atoms with van der Waals surface area (Å²) in [7, 11) is 0. The first kappa shape index (κ1) is 32.6. The fourth-order valence-electron chi connectivity index (χ4n) is 6.21. The van der Waals surface area contributed by atoms with E-state index in [1.165, 1.54) is 6.33 Å². The Morgan fingerprint density at radius 3 is 2.34 bits per heavy atom. The Bertz CT molecular complexity index is 1610. The highest BCUT2D eigenvalue weighted by atomic mass is 16.6. The van der Waals surface area contributed by atoms with E-state index in [4.69, 9.17) is 19.4 Å². The van der Waals surface area contributed by atoms with E-state index in [1.54, 1.807) is 4.57 Å². The minimum atomic E-state index is -1.31. The average Bonchev–Trinajstić information content (AvgIpc) is 3.61. The summed E-state index contributed by atoms with van der Waals surface area (Å²) in [6, 6.07) is 20.3. The number of aromatic nitrogens is 4. The number of nitrogens with one attached hydrogen (secondary N) is 2. The van der Waals surface area contributed by atoms with Crippen LogP contribution >= 0.6 is 0 Å². The van der Waals surface area contributed by atoms with Crippen LogP contribution in [0.5, 0.6) is 0 Å². The Labute approximate surface area is 273 Å². The van der Waals surface area contributed by atoms with Gasteiger partial charge in [-0.2, -0.15) is 9.97 Å². The predicted octanol–water partition coefficient (Wildman–Crippen LogP) is 3.18. The van der Waals surface area contributed by atoms with Crippen molar-refractivity contribution in [3.63, 3.8) is 0 Å². The number of alkyl carbamates (subject to hydrolysis) is 1. The molecule has 2 aliphatic rings. The lowest BCUT2D eigenvalue weighted by Gasteiger charge is -2.33. The quantitative estimate of drug-likeness (QED) is 0.181. The number of nitrogens with zero attached hydrogens (tertiary/aromatic N) is 5. The number of hydrogen-bond acceptors (Lipinski definition) is 11. The lowest BCUT2D eigenvalue weighted by Crippen LogP contribution is -2.49. The molecule has 13 nitrogen and oxygen atoms in total. The van der Waals surface area contributed by atoms with Crippen LogP contribution in [0.2, 0.25) is 0 Å². The molecule has 2 aliphatic heterocycles. The number of amides is 1. The third-order valence-electron chi connectivity index (χ3n) is 8.50. The van der Waals surface area contributed by atoms with Gasteiger partial charge in [0, 0.05) is 31.6 Å². The van der Waals surface area contributed by atoms with Crippen molar-refractivity contribution in [3.05, 3.63) is 78.1 Å². The van der Waals surface area contributed by atoms with Gasteiger partial charge in [0.1, 0.15) is 23.9 Å². The van der Waals surface area contributed by atoms with E-state index in [-0.39, 0.29) is 12.0 Å². The maximum absolute atomic E-state index is 12.6. The highest BCUT2D eigenvalue weighted by molar-refractivity contribution is 5.84. The molecule has 0 aliphatic carbocycles. The van der Waals surface area contributed by atoms with E-state index in [9.17, 15) is 20.1 Å². The number of imidazole rings is 1. The maximum atomic E-state index is 12.6. The SMILES string of the molecule is CC(C)(C)OC(=O)N[C@H]1CCCN(c2nc(NCC(c3ccccc3)c3ccccc3)c3ncn([C@@H]4O[C@H](CO)[C@@H](O)[C@H]4O)c3n2)C1. The van der Waals surface area contributed by atoms with Gasteiger partial charge in [-0.05, 0) is 44.7 Å².